The number of nitrogens with zero attached hydrogens (tertiary/aromatic N) is 1. The summed E-state index contributed by atoms with van der Waals surface area (Å²) in [6, 6.07) is 65.1. The Kier molecular flexibility index (Phi) is 10.5. The first kappa shape index (κ1) is 41.9. The maximum Gasteiger partial charge on any atom is 0.141 e. The van der Waals surface area contributed by atoms with E-state index in [1.807, 2.05) is 11.3 Å². The van der Waals surface area contributed by atoms with Crippen LogP contribution in [0.25, 0.3) is 86.2 Å². The van der Waals surface area contributed by atoms with Crippen molar-refractivity contribution in [2.75, 3.05) is 4.90 Å². The van der Waals surface area contributed by atoms with Gasteiger partial charge in [0.15, 0.2) is 0 Å². The van der Waals surface area contributed by atoms with E-state index >= 15 is 0 Å². The predicted octanol–water partition coefficient (Wildman–Crippen LogP) is 2.57. The fourth-order valence-electron chi connectivity index (χ4n) is 11.0. The minimum atomic E-state index is 1.16. The normalized spacial score (nSPS) is 11.5. The number of benzene rings is 10. The molecule has 0 fully saturated rings. The van der Waals surface area contributed by atoms with Crippen molar-refractivity contribution in [2.24, 2.45) is 0 Å². The third-order valence-corrected chi connectivity index (χ3v) is 15.9. The molecule has 0 aliphatic heterocycles. The van der Waals surface area contributed by atoms with Crippen molar-refractivity contribution in [1.82, 2.24) is 0 Å². The number of hydrogen-bond acceptors (Lipinski definition) is 2. The van der Waals surface area contributed by atoms with E-state index in [9.17, 15) is 0 Å². The zero-order chi connectivity index (χ0) is 45.4. The molecule has 1 heterocycles. The lowest BCUT2D eigenvalue weighted by Crippen LogP contribution is -2.50. The van der Waals surface area contributed by atoms with E-state index < -0.39 is 0 Å². The van der Waals surface area contributed by atoms with Crippen molar-refractivity contribution in [3.8, 4) is 44.5 Å². The van der Waals surface area contributed by atoms with Crippen LogP contribution in [0.3, 0.4) is 0 Å². The molecule has 304 valence electrons. The van der Waals surface area contributed by atoms with E-state index in [2.05, 4.69) is 244 Å². The van der Waals surface area contributed by atoms with Crippen LogP contribution in [0, 0.1) is 0 Å². The highest BCUT2D eigenvalue weighted by Crippen LogP contribution is 2.42. The summed E-state index contributed by atoms with van der Waals surface area (Å²) in [7, 11) is 18.7. The van der Waals surface area contributed by atoms with Gasteiger partial charge in [-0.3, -0.25) is 0 Å². The van der Waals surface area contributed by atoms with Gasteiger partial charge in [0.05, 0.1) is 0 Å². The molecule has 0 bridgehead atoms. The summed E-state index contributed by atoms with van der Waals surface area (Å²) in [5.41, 5.74) is 24.2. The van der Waals surface area contributed by atoms with Crippen molar-refractivity contribution >= 4 is 177 Å². The minimum absolute atomic E-state index is 1.16. The van der Waals surface area contributed by atoms with E-state index in [1.54, 1.807) is 0 Å². The van der Waals surface area contributed by atoms with Gasteiger partial charge in [-0.2, -0.15) is 0 Å². The summed E-state index contributed by atoms with van der Waals surface area (Å²) in [6.07, 6.45) is 0. The van der Waals surface area contributed by atoms with E-state index in [0.29, 0.717) is 0 Å². The molecule has 0 unspecified atom stereocenters. The van der Waals surface area contributed by atoms with Gasteiger partial charge in [0, 0.05) is 37.2 Å². The highest BCUT2D eigenvalue weighted by molar-refractivity contribution is 7.26. The first-order chi connectivity index (χ1) is 32.1. The van der Waals surface area contributed by atoms with E-state index in [-0.39, 0.29) is 0 Å². The molecule has 0 atom stereocenters. The lowest BCUT2D eigenvalue weighted by molar-refractivity contribution is 1.33. The molecule has 11 aromatic rings. The lowest BCUT2D eigenvalue weighted by atomic mass is 9.62. The van der Waals surface area contributed by atoms with Crippen molar-refractivity contribution < 1.29 is 0 Å². The maximum atomic E-state index is 2.62. The van der Waals surface area contributed by atoms with Gasteiger partial charge in [-0.1, -0.05) is 195 Å². The van der Waals surface area contributed by atoms with Crippen LogP contribution in [0.4, 0.5) is 17.1 Å². The van der Waals surface area contributed by atoms with Gasteiger partial charge < -0.3 is 4.90 Å². The Morgan fingerprint density at radius 2 is 0.773 bits per heavy atom. The van der Waals surface area contributed by atoms with Crippen LogP contribution in [-0.2, 0) is 0 Å². The van der Waals surface area contributed by atoms with Gasteiger partial charge >= 0.3 is 0 Å². The number of fused-ring (bicyclic) bond motifs is 5. The second-order valence-electron chi connectivity index (χ2n) is 18.2. The molecule has 66 heavy (non-hydrogen) atoms. The average molecular weight is 851 g/mol. The van der Waals surface area contributed by atoms with Crippen LogP contribution in [0.15, 0.2) is 176 Å². The van der Waals surface area contributed by atoms with Gasteiger partial charge in [0.2, 0.25) is 0 Å². The molecule has 0 aliphatic carbocycles. The number of rotatable bonds is 7. The fourth-order valence-corrected chi connectivity index (χ4v) is 12.2. The first-order valence-electron chi connectivity index (χ1n) is 23.2. The monoisotopic (exact) mass is 851 g/mol. The molecule has 1 nitrogen and oxygen atoms in total. The van der Waals surface area contributed by atoms with Crippen molar-refractivity contribution in [2.45, 2.75) is 0 Å². The third kappa shape index (κ3) is 6.72. The van der Waals surface area contributed by atoms with Gasteiger partial charge in [-0.05, 0) is 90.3 Å². The van der Waals surface area contributed by atoms with Gasteiger partial charge in [0.1, 0.15) is 62.8 Å². The molecule has 0 saturated carbocycles. The van der Waals surface area contributed by atoms with Crippen LogP contribution in [0.1, 0.15) is 0 Å². The Labute approximate surface area is 399 Å². The molecular weight excluding hydrogens is 805 g/mol. The zero-order valence-electron chi connectivity index (χ0n) is 39.1. The van der Waals surface area contributed by atoms with Crippen LogP contribution in [-0.4, -0.2) is 62.8 Å². The summed E-state index contributed by atoms with van der Waals surface area (Å²) in [5.74, 6) is 0. The number of thiophene rings is 1. The molecule has 0 amide bonds. The topological polar surface area (TPSA) is 3.24 Å². The second kappa shape index (κ2) is 16.6. The fraction of sp³-hybridized carbons (Fsp3) is 0. The molecular formula is C56H45B8NS. The zero-order valence-corrected chi connectivity index (χ0v) is 39.9. The Balaban J connectivity index is 1.12. The van der Waals surface area contributed by atoms with Gasteiger partial charge in [0.25, 0.3) is 0 Å². The Bertz CT molecular complexity index is 3700. The van der Waals surface area contributed by atoms with Crippen molar-refractivity contribution in [1.29, 1.82) is 0 Å². The smallest absolute Gasteiger partial charge is 0.141 e. The van der Waals surface area contributed by atoms with Crippen molar-refractivity contribution in [3.63, 3.8) is 0 Å². The van der Waals surface area contributed by atoms with E-state index in [0.717, 1.165) is 5.69 Å². The first-order valence-corrected chi connectivity index (χ1v) is 24.0. The van der Waals surface area contributed by atoms with Crippen LogP contribution >= 0.6 is 11.3 Å². The van der Waals surface area contributed by atoms with Gasteiger partial charge in [-0.25, -0.2) is 0 Å². The largest absolute Gasteiger partial charge is 0.313 e. The molecule has 0 saturated heterocycles. The summed E-state index contributed by atoms with van der Waals surface area (Å²) in [4.78, 5) is 2.62. The highest BCUT2D eigenvalue weighted by atomic mass is 32.1. The molecule has 0 spiro atoms. The van der Waals surface area contributed by atoms with Crippen molar-refractivity contribution in [3.05, 3.63) is 176 Å². The third-order valence-electron chi connectivity index (χ3n) is 14.8. The molecule has 11 rings (SSSR count). The molecule has 0 N–H and O–H groups in total. The van der Waals surface area contributed by atoms with Crippen LogP contribution < -0.4 is 48.6 Å². The molecule has 10 aromatic carbocycles. The quantitative estimate of drug-likeness (QED) is 0.223. The SMILES string of the molecule is Bc1c(B)c(N(c2cccc(-c3cccc4sc5ccccc5c34)c2)c2c(B)c(B)c(-c3cccc4ccccc34)c(B)c2B)c(B)c(B)c1-c1ccc(-c2cccc3ccccc23)cc1. The number of hydrogen-bond donors (Lipinski definition) is 0. The Hall–Kier alpha value is -6.74. The predicted molar refractivity (Wildman–Crippen MR) is 316 cm³/mol. The summed E-state index contributed by atoms with van der Waals surface area (Å²) in [5, 5.41) is 7.74. The van der Waals surface area contributed by atoms with Gasteiger partial charge in [-0.15, -0.1) is 11.3 Å². The Morgan fingerprint density at radius 3 is 1.41 bits per heavy atom. The second-order valence-corrected chi connectivity index (χ2v) is 19.3. The van der Waals surface area contributed by atoms with E-state index in [4.69, 9.17) is 0 Å². The maximum absolute atomic E-state index is 2.62. The number of anilines is 3. The van der Waals surface area contributed by atoms with E-state index in [1.165, 1.54) is 141 Å². The lowest BCUT2D eigenvalue weighted by Gasteiger charge is -2.37. The molecule has 0 radical (unpaired) electrons. The minimum Gasteiger partial charge on any atom is -0.313 e. The molecule has 0 aliphatic rings. The summed E-state index contributed by atoms with van der Waals surface area (Å²) in [6.45, 7) is 0. The highest BCUT2D eigenvalue weighted by Gasteiger charge is 2.27. The molecule has 1 aromatic heterocycles. The summed E-state index contributed by atoms with van der Waals surface area (Å²) >= 11 is 1.88. The standard InChI is InChI=1S/C56H45B8NS/c57-47-44(33-27-25-32(26-28-33)37-20-8-13-30-11-1-3-17-36(30)37)48(58)52(62)55(51(47)61)65(35-16-7-15-34(29-35)39-21-10-24-43-45(39)41-19-5-6-23-42(41)66-43)56-53(63)49(59)46(50(60)54(56)64)40-22-9-14-31-12-2-4-18-38(31)40/h1-29H,57-64H2. The Morgan fingerprint density at radius 1 is 0.318 bits per heavy atom. The van der Waals surface area contributed by atoms with Crippen LogP contribution in [0.5, 0.6) is 0 Å². The average Bonchev–Trinajstić information content (AvgIpc) is 3.74. The van der Waals surface area contributed by atoms with Crippen LogP contribution in [0.2, 0.25) is 0 Å². The molecule has 10 heteroatoms. The summed E-state index contributed by atoms with van der Waals surface area (Å²) < 4.78 is 2.64.